The van der Waals surface area contributed by atoms with E-state index in [-0.39, 0.29) is 48.9 Å². The number of benzene rings is 3. The van der Waals surface area contributed by atoms with Crippen LogP contribution in [-0.2, 0) is 32.1 Å². The Hall–Kier alpha value is -4.39. The van der Waals surface area contributed by atoms with E-state index < -0.39 is 23.2 Å². The minimum Gasteiger partial charge on any atom is -0.488 e. The summed E-state index contributed by atoms with van der Waals surface area (Å²) < 4.78 is 52.2. The van der Waals surface area contributed by atoms with Gasteiger partial charge in [0.05, 0.1) is 25.9 Å². The van der Waals surface area contributed by atoms with E-state index in [2.05, 4.69) is 5.32 Å². The van der Waals surface area contributed by atoms with Crippen molar-refractivity contribution in [2.45, 2.75) is 76.0 Å². The molecule has 1 saturated carbocycles. The molecule has 0 aromatic heterocycles. The molecule has 3 fully saturated rings. The fourth-order valence-corrected chi connectivity index (χ4v) is 7.97. The van der Waals surface area contributed by atoms with Gasteiger partial charge in [-0.15, -0.1) is 0 Å². The van der Waals surface area contributed by atoms with Crippen LogP contribution in [0.15, 0.2) is 66.2 Å². The smallest absolute Gasteiger partial charge is 0.252 e. The fourth-order valence-electron chi connectivity index (χ4n) is 7.77. The van der Waals surface area contributed by atoms with Crippen molar-refractivity contribution in [2.24, 2.45) is 0 Å². The van der Waals surface area contributed by atoms with Gasteiger partial charge in [-0.25, -0.2) is 8.78 Å². The molecule has 2 saturated heterocycles. The quantitative estimate of drug-likeness (QED) is 0.152. The van der Waals surface area contributed by atoms with Gasteiger partial charge >= 0.3 is 0 Å². The van der Waals surface area contributed by atoms with E-state index in [9.17, 15) is 27.6 Å². The number of nitrogens with zero attached hydrogens (tertiary/aromatic N) is 3. The average molecular weight is 779 g/mol. The van der Waals surface area contributed by atoms with Crippen molar-refractivity contribution in [1.82, 2.24) is 20.0 Å². The van der Waals surface area contributed by atoms with Crippen molar-refractivity contribution in [3.05, 3.63) is 105 Å². The van der Waals surface area contributed by atoms with Gasteiger partial charge in [0.25, 0.3) is 5.91 Å². The van der Waals surface area contributed by atoms with Crippen LogP contribution in [0.5, 0.6) is 5.75 Å². The van der Waals surface area contributed by atoms with Crippen molar-refractivity contribution in [1.29, 1.82) is 0 Å². The number of ether oxygens (including phenoxy) is 2. The summed E-state index contributed by atoms with van der Waals surface area (Å²) in [5.41, 5.74) is 4.35. The number of carbonyl (C=O) groups excluding carboxylic acids is 3. The number of amides is 3. The first kappa shape index (κ1) is 38.9. The highest BCUT2D eigenvalue weighted by atomic mass is 35.5. The Balaban J connectivity index is 1.07. The van der Waals surface area contributed by atoms with E-state index in [4.69, 9.17) is 21.1 Å². The van der Waals surface area contributed by atoms with Crippen LogP contribution in [0.2, 0.25) is 5.02 Å². The Bertz CT molecular complexity index is 1920. The van der Waals surface area contributed by atoms with Gasteiger partial charge in [-0.3, -0.25) is 14.4 Å². The van der Waals surface area contributed by atoms with Gasteiger partial charge in [0, 0.05) is 68.2 Å². The summed E-state index contributed by atoms with van der Waals surface area (Å²) in [5.74, 6) is -4.23. The number of carbonyl (C=O) groups is 3. The van der Waals surface area contributed by atoms with E-state index in [1.54, 1.807) is 4.90 Å². The van der Waals surface area contributed by atoms with Gasteiger partial charge in [0.1, 0.15) is 0 Å². The first-order valence-electron chi connectivity index (χ1n) is 19.2. The molecule has 2 unspecified atom stereocenters. The SMILES string of the molecule is O=C(CCCC(=O)N1CC2CC(c3ccc(CCCOc4c(F)ccc(F)c4F)cc3)=C(C(=O)N(Cc3ccccc3Cl)C3CC3)C(C1)N2)N1CCOCC1. The van der Waals surface area contributed by atoms with Crippen LogP contribution in [0.4, 0.5) is 13.2 Å². The van der Waals surface area contributed by atoms with Gasteiger partial charge < -0.3 is 29.5 Å². The monoisotopic (exact) mass is 778 g/mol. The third kappa shape index (κ3) is 9.36. The molecule has 3 heterocycles. The van der Waals surface area contributed by atoms with Crippen molar-refractivity contribution >= 4 is 34.9 Å². The number of rotatable bonds is 14. The summed E-state index contributed by atoms with van der Waals surface area (Å²) in [6.45, 7) is 3.43. The molecular formula is C42H46ClF3N4O5. The van der Waals surface area contributed by atoms with Crippen molar-refractivity contribution < 1.29 is 37.0 Å². The molecule has 292 valence electrons. The van der Waals surface area contributed by atoms with E-state index in [1.165, 1.54) is 0 Å². The molecule has 0 radical (unpaired) electrons. The number of fused-ring (bicyclic) bond motifs is 2. The normalized spacial score (nSPS) is 19.7. The molecule has 1 N–H and O–H groups in total. The molecule has 3 amide bonds. The number of nitrogens with one attached hydrogen (secondary N) is 1. The van der Waals surface area contributed by atoms with Crippen LogP contribution in [0.1, 0.15) is 61.6 Å². The zero-order valence-corrected chi connectivity index (χ0v) is 31.5. The lowest BCUT2D eigenvalue weighted by Gasteiger charge is -2.45. The van der Waals surface area contributed by atoms with Crippen LogP contribution >= 0.6 is 11.6 Å². The molecule has 3 aromatic rings. The number of piperazine rings is 1. The summed E-state index contributed by atoms with van der Waals surface area (Å²) in [4.78, 5) is 46.7. The number of hydrogen-bond acceptors (Lipinski definition) is 6. The Labute approximate surface area is 324 Å². The van der Waals surface area contributed by atoms with Crippen molar-refractivity contribution in [2.75, 3.05) is 46.0 Å². The zero-order chi connectivity index (χ0) is 38.5. The molecule has 2 atom stereocenters. The number of morpholine rings is 1. The summed E-state index contributed by atoms with van der Waals surface area (Å²) in [5, 5.41) is 4.26. The van der Waals surface area contributed by atoms with Crippen molar-refractivity contribution in [3.63, 3.8) is 0 Å². The molecule has 7 rings (SSSR count). The highest BCUT2D eigenvalue weighted by molar-refractivity contribution is 6.31. The molecule has 2 bridgehead atoms. The number of hydrogen-bond donors (Lipinski definition) is 1. The van der Waals surface area contributed by atoms with Crippen LogP contribution in [0.3, 0.4) is 0 Å². The number of aryl methyl sites for hydroxylation is 1. The third-order valence-electron chi connectivity index (χ3n) is 10.8. The predicted octanol–water partition coefficient (Wildman–Crippen LogP) is 6.32. The maximum atomic E-state index is 14.8. The topological polar surface area (TPSA) is 91.4 Å². The number of halogens is 4. The minimum absolute atomic E-state index is 0.000288. The lowest BCUT2D eigenvalue weighted by Crippen LogP contribution is -2.62. The van der Waals surface area contributed by atoms with Crippen LogP contribution in [-0.4, -0.2) is 96.5 Å². The second-order valence-corrected chi connectivity index (χ2v) is 15.1. The zero-order valence-electron chi connectivity index (χ0n) is 30.7. The Morgan fingerprint density at radius 1 is 0.873 bits per heavy atom. The second-order valence-electron chi connectivity index (χ2n) is 14.7. The highest BCUT2D eigenvalue weighted by Gasteiger charge is 2.43. The first-order valence-corrected chi connectivity index (χ1v) is 19.6. The Kier molecular flexibility index (Phi) is 12.4. The lowest BCUT2D eigenvalue weighted by atomic mass is 9.82. The fraction of sp³-hybridized carbons (Fsp3) is 0.452. The standard InChI is InChI=1S/C42H46ClF3N4O5/c43-33-7-2-1-6-29(33)24-50(31-14-15-31)42(53)39-32(28-12-10-27(11-13-28)5-4-20-55-41-35(45)17-16-34(44)40(41)46)23-30-25-49(26-36(39)47-30)38(52)9-3-8-37(51)48-18-21-54-22-19-48/h1-2,6-7,10-13,16-17,30-31,36,47H,3-5,8-9,14-15,18-26H2. The average Bonchev–Trinajstić information content (AvgIpc) is 4.04. The summed E-state index contributed by atoms with van der Waals surface area (Å²) in [7, 11) is 0. The molecule has 3 aromatic carbocycles. The van der Waals surface area contributed by atoms with E-state index in [1.807, 2.05) is 58.3 Å². The molecule has 4 aliphatic rings. The maximum absolute atomic E-state index is 14.8. The summed E-state index contributed by atoms with van der Waals surface area (Å²) in [6, 6.07) is 16.7. The largest absolute Gasteiger partial charge is 0.488 e. The maximum Gasteiger partial charge on any atom is 0.252 e. The van der Waals surface area contributed by atoms with Crippen LogP contribution < -0.4 is 10.1 Å². The van der Waals surface area contributed by atoms with Gasteiger partial charge in [-0.1, -0.05) is 54.1 Å². The van der Waals surface area contributed by atoms with Gasteiger partial charge in [-0.05, 0) is 79.0 Å². The first-order chi connectivity index (χ1) is 26.7. The Morgan fingerprint density at radius 3 is 2.31 bits per heavy atom. The summed E-state index contributed by atoms with van der Waals surface area (Å²) >= 11 is 6.57. The Morgan fingerprint density at radius 2 is 1.58 bits per heavy atom. The lowest BCUT2D eigenvalue weighted by molar-refractivity contribution is -0.136. The molecular weight excluding hydrogens is 733 g/mol. The van der Waals surface area contributed by atoms with Crippen LogP contribution in [0.25, 0.3) is 5.57 Å². The van der Waals surface area contributed by atoms with E-state index in [0.717, 1.165) is 47.2 Å². The van der Waals surface area contributed by atoms with Gasteiger partial charge in [0.2, 0.25) is 17.6 Å². The van der Waals surface area contributed by atoms with E-state index >= 15 is 0 Å². The summed E-state index contributed by atoms with van der Waals surface area (Å²) in [6.07, 6.45) is 4.38. The van der Waals surface area contributed by atoms with Crippen molar-refractivity contribution in [3.8, 4) is 5.75 Å². The second kappa shape index (κ2) is 17.6. The molecule has 13 heteroatoms. The predicted molar refractivity (Wildman–Crippen MR) is 202 cm³/mol. The molecule has 9 nitrogen and oxygen atoms in total. The minimum atomic E-state index is -1.34. The van der Waals surface area contributed by atoms with Crippen LogP contribution in [0, 0.1) is 17.5 Å². The third-order valence-corrected chi connectivity index (χ3v) is 11.2. The highest BCUT2D eigenvalue weighted by Crippen LogP contribution is 2.38. The molecule has 1 aliphatic carbocycles. The van der Waals surface area contributed by atoms with Gasteiger partial charge in [0.15, 0.2) is 17.4 Å². The molecule has 0 spiro atoms. The van der Waals surface area contributed by atoms with E-state index in [0.29, 0.717) is 88.6 Å². The van der Waals surface area contributed by atoms with Gasteiger partial charge in [-0.2, -0.15) is 4.39 Å². The molecule has 55 heavy (non-hydrogen) atoms. The molecule has 3 aliphatic heterocycles.